The quantitative estimate of drug-likeness (QED) is 0.645. The van der Waals surface area contributed by atoms with Gasteiger partial charge in [-0.2, -0.15) is 0 Å². The maximum atomic E-state index is 12.5. The van der Waals surface area contributed by atoms with E-state index in [4.69, 9.17) is 4.74 Å². The van der Waals surface area contributed by atoms with Crippen LogP contribution in [-0.2, 0) is 17.7 Å². The number of carbonyl (C=O) groups is 1. The summed E-state index contributed by atoms with van der Waals surface area (Å²) in [5, 5.41) is 4.26. The number of ether oxygens (including phenoxy) is 1. The fourth-order valence-electron chi connectivity index (χ4n) is 4.07. The fourth-order valence-corrected chi connectivity index (χ4v) is 4.07. The number of para-hydroxylation sites is 1. The van der Waals surface area contributed by atoms with Crippen LogP contribution in [0.2, 0.25) is 0 Å². The van der Waals surface area contributed by atoms with E-state index in [1.54, 1.807) is 7.11 Å². The lowest BCUT2D eigenvalue weighted by atomic mass is 10.1. The Hall–Kier alpha value is -2.63. The highest BCUT2D eigenvalue weighted by Crippen LogP contribution is 2.18. The van der Waals surface area contributed by atoms with Crippen LogP contribution >= 0.6 is 0 Å². The molecule has 0 bridgehead atoms. The molecule has 0 saturated carbocycles. The smallest absolute Gasteiger partial charge is 0.251 e. The van der Waals surface area contributed by atoms with E-state index in [0.29, 0.717) is 18.2 Å². The first-order valence-electron chi connectivity index (χ1n) is 10.4. The Kier molecular flexibility index (Phi) is 6.27. The third kappa shape index (κ3) is 4.86. The van der Waals surface area contributed by atoms with Gasteiger partial charge in [0.15, 0.2) is 0 Å². The number of fused-ring (bicyclic) bond motifs is 1. The van der Waals surface area contributed by atoms with Gasteiger partial charge >= 0.3 is 0 Å². The minimum Gasteiger partial charge on any atom is -0.381 e. The Morgan fingerprint density at radius 2 is 1.90 bits per heavy atom. The van der Waals surface area contributed by atoms with Crippen LogP contribution in [0, 0.1) is 0 Å². The average Bonchev–Trinajstić information content (AvgIpc) is 3.18. The number of hydrogen-bond acceptors (Lipinski definition) is 3. The molecule has 0 atom stereocenters. The number of benzene rings is 2. The van der Waals surface area contributed by atoms with E-state index < -0.39 is 0 Å². The van der Waals surface area contributed by atoms with Crippen molar-refractivity contribution in [3.8, 4) is 0 Å². The number of aromatic amines is 1. The van der Waals surface area contributed by atoms with Crippen molar-refractivity contribution in [3.05, 3.63) is 71.4 Å². The summed E-state index contributed by atoms with van der Waals surface area (Å²) in [5.74, 6) is -0.0164. The number of nitrogens with zero attached hydrogens (tertiary/aromatic N) is 1. The summed E-state index contributed by atoms with van der Waals surface area (Å²) in [6, 6.07) is 16.2. The lowest BCUT2D eigenvalue weighted by molar-refractivity contribution is 0.0388. The monoisotopic (exact) mass is 391 g/mol. The van der Waals surface area contributed by atoms with E-state index in [2.05, 4.69) is 39.5 Å². The van der Waals surface area contributed by atoms with Crippen molar-refractivity contribution in [2.24, 2.45) is 0 Å². The first-order valence-corrected chi connectivity index (χ1v) is 10.4. The first-order chi connectivity index (χ1) is 14.2. The van der Waals surface area contributed by atoms with Crippen LogP contribution in [0.3, 0.4) is 0 Å². The van der Waals surface area contributed by atoms with Gasteiger partial charge in [0.25, 0.3) is 5.91 Å². The molecule has 0 unspecified atom stereocenters. The van der Waals surface area contributed by atoms with Crippen LogP contribution in [0.4, 0.5) is 0 Å². The number of nitrogens with one attached hydrogen (secondary N) is 2. The minimum atomic E-state index is -0.0164. The van der Waals surface area contributed by atoms with Gasteiger partial charge in [-0.1, -0.05) is 30.3 Å². The summed E-state index contributed by atoms with van der Waals surface area (Å²) in [4.78, 5) is 18.2. The Morgan fingerprint density at radius 1 is 1.14 bits per heavy atom. The van der Waals surface area contributed by atoms with Crippen molar-refractivity contribution in [3.63, 3.8) is 0 Å². The molecule has 152 valence electrons. The predicted molar refractivity (Wildman–Crippen MR) is 116 cm³/mol. The summed E-state index contributed by atoms with van der Waals surface area (Å²) in [6.07, 6.45) is 5.43. The van der Waals surface area contributed by atoms with Gasteiger partial charge in [-0.05, 0) is 48.6 Å². The molecule has 4 rings (SSSR count). The fraction of sp³-hybridized carbons (Fsp3) is 0.375. The van der Waals surface area contributed by atoms with Crippen molar-refractivity contribution >= 4 is 16.8 Å². The van der Waals surface area contributed by atoms with Crippen LogP contribution in [0.25, 0.3) is 10.9 Å². The van der Waals surface area contributed by atoms with Gasteiger partial charge < -0.3 is 15.0 Å². The SMILES string of the molecule is COC1CCN(Cc2ccc(C(=O)NCCc3c[nH]c4ccccc34)cc2)CC1. The molecule has 2 heterocycles. The standard InChI is InChI=1S/C24H29N3O2/c1-29-21-11-14-27(15-12-21)17-18-6-8-19(9-7-18)24(28)25-13-10-20-16-26-23-5-3-2-4-22(20)23/h2-9,16,21,26H,10-15,17H2,1H3,(H,25,28). The first kappa shape index (κ1) is 19.7. The molecule has 0 spiro atoms. The Morgan fingerprint density at radius 3 is 2.66 bits per heavy atom. The second-order valence-corrected chi connectivity index (χ2v) is 7.77. The van der Waals surface area contributed by atoms with Crippen LogP contribution in [0.15, 0.2) is 54.7 Å². The second kappa shape index (κ2) is 9.25. The molecule has 0 radical (unpaired) electrons. The maximum absolute atomic E-state index is 12.5. The van der Waals surface area contributed by atoms with Crippen molar-refractivity contribution in [2.75, 3.05) is 26.7 Å². The number of aromatic nitrogens is 1. The molecule has 1 fully saturated rings. The number of hydrogen-bond donors (Lipinski definition) is 2. The molecule has 1 aromatic heterocycles. The van der Waals surface area contributed by atoms with Gasteiger partial charge in [0, 0.05) is 56.0 Å². The minimum absolute atomic E-state index is 0.0164. The maximum Gasteiger partial charge on any atom is 0.251 e. The van der Waals surface area contributed by atoms with Gasteiger partial charge in [0.1, 0.15) is 0 Å². The number of likely N-dealkylation sites (tertiary alicyclic amines) is 1. The number of H-pyrrole nitrogens is 1. The van der Waals surface area contributed by atoms with E-state index in [9.17, 15) is 4.79 Å². The third-order valence-electron chi connectivity index (χ3n) is 5.85. The predicted octanol–water partition coefficient (Wildman–Crippen LogP) is 3.75. The summed E-state index contributed by atoms with van der Waals surface area (Å²) < 4.78 is 5.44. The molecule has 1 aliphatic heterocycles. The van der Waals surface area contributed by atoms with Crippen LogP contribution in [0.1, 0.15) is 34.3 Å². The topological polar surface area (TPSA) is 57.4 Å². The van der Waals surface area contributed by atoms with Gasteiger partial charge in [-0.3, -0.25) is 9.69 Å². The zero-order chi connectivity index (χ0) is 20.1. The second-order valence-electron chi connectivity index (χ2n) is 7.77. The number of rotatable bonds is 7. The summed E-state index contributed by atoms with van der Waals surface area (Å²) >= 11 is 0. The van der Waals surface area contributed by atoms with Gasteiger partial charge in [-0.25, -0.2) is 0 Å². The molecule has 1 aliphatic rings. The largest absolute Gasteiger partial charge is 0.381 e. The molecule has 1 amide bonds. The molecule has 29 heavy (non-hydrogen) atoms. The lowest BCUT2D eigenvalue weighted by Crippen LogP contribution is -2.36. The van der Waals surface area contributed by atoms with E-state index in [1.165, 1.54) is 16.5 Å². The number of piperidine rings is 1. The molecule has 2 N–H and O–H groups in total. The van der Waals surface area contributed by atoms with Gasteiger partial charge in [-0.15, -0.1) is 0 Å². The molecular weight excluding hydrogens is 362 g/mol. The van der Waals surface area contributed by atoms with Crippen LogP contribution < -0.4 is 5.32 Å². The van der Waals surface area contributed by atoms with E-state index in [1.807, 2.05) is 30.5 Å². The molecule has 0 aliphatic carbocycles. The van der Waals surface area contributed by atoms with Gasteiger partial charge in [0.05, 0.1) is 6.10 Å². The van der Waals surface area contributed by atoms with E-state index >= 15 is 0 Å². The zero-order valence-electron chi connectivity index (χ0n) is 17.0. The highest BCUT2D eigenvalue weighted by atomic mass is 16.5. The Bertz CT molecular complexity index is 940. The molecule has 5 heteroatoms. The summed E-state index contributed by atoms with van der Waals surface area (Å²) in [6.45, 7) is 3.68. The molecular formula is C24H29N3O2. The highest BCUT2D eigenvalue weighted by Gasteiger charge is 2.18. The number of carbonyl (C=O) groups excluding carboxylic acids is 1. The van der Waals surface area contributed by atoms with Crippen molar-refractivity contribution in [2.45, 2.75) is 31.9 Å². The number of methoxy groups -OCH3 is 1. The molecule has 2 aromatic carbocycles. The number of amides is 1. The lowest BCUT2D eigenvalue weighted by Gasteiger charge is -2.31. The normalized spacial score (nSPS) is 15.6. The molecule has 3 aromatic rings. The Balaban J connectivity index is 1.26. The van der Waals surface area contributed by atoms with Crippen molar-refractivity contribution in [1.29, 1.82) is 0 Å². The highest BCUT2D eigenvalue weighted by molar-refractivity contribution is 5.94. The van der Waals surface area contributed by atoms with E-state index in [-0.39, 0.29) is 5.91 Å². The van der Waals surface area contributed by atoms with Crippen molar-refractivity contribution < 1.29 is 9.53 Å². The van der Waals surface area contributed by atoms with E-state index in [0.717, 1.165) is 44.4 Å². The summed E-state index contributed by atoms with van der Waals surface area (Å²) in [5.41, 5.74) is 4.33. The zero-order valence-corrected chi connectivity index (χ0v) is 17.0. The Labute approximate surface area is 172 Å². The van der Waals surface area contributed by atoms with Gasteiger partial charge in [0.2, 0.25) is 0 Å². The van der Waals surface area contributed by atoms with Crippen LogP contribution in [0.5, 0.6) is 0 Å². The third-order valence-corrected chi connectivity index (χ3v) is 5.85. The summed E-state index contributed by atoms with van der Waals surface area (Å²) in [7, 11) is 1.80. The van der Waals surface area contributed by atoms with Crippen LogP contribution in [-0.4, -0.2) is 48.6 Å². The average molecular weight is 392 g/mol. The molecule has 5 nitrogen and oxygen atoms in total. The van der Waals surface area contributed by atoms with Crippen molar-refractivity contribution in [1.82, 2.24) is 15.2 Å². The molecule has 1 saturated heterocycles.